The quantitative estimate of drug-likeness (QED) is 0.492. The molecule has 2 aromatic heterocycles. The summed E-state index contributed by atoms with van der Waals surface area (Å²) in [5, 5.41) is 12.9. The monoisotopic (exact) mass is 369 g/mol. The molecule has 0 fully saturated rings. The highest BCUT2D eigenvalue weighted by Crippen LogP contribution is 2.36. The van der Waals surface area contributed by atoms with Crippen molar-refractivity contribution in [3.63, 3.8) is 0 Å². The zero-order chi connectivity index (χ0) is 16.4. The van der Waals surface area contributed by atoms with Gasteiger partial charge in [-0.1, -0.05) is 12.1 Å². The third kappa shape index (κ3) is 3.48. The third-order valence-corrected chi connectivity index (χ3v) is 6.07. The number of rotatable bonds is 4. The van der Waals surface area contributed by atoms with Crippen LogP contribution in [0.2, 0.25) is 0 Å². The third-order valence-electron chi connectivity index (χ3n) is 3.15. The first kappa shape index (κ1) is 15.3. The smallest absolute Gasteiger partial charge is 0.210 e. The summed E-state index contributed by atoms with van der Waals surface area (Å²) in [5.74, 6) is 0.246. The van der Waals surface area contributed by atoms with Gasteiger partial charge in [-0.25, -0.2) is 15.0 Å². The minimum atomic E-state index is 0.246. The molecule has 4 rings (SSSR count). The number of thiazole rings is 2. The Morgan fingerprint density at radius 1 is 1.04 bits per heavy atom. The summed E-state index contributed by atoms with van der Waals surface area (Å²) < 4.78 is 2.16. The maximum absolute atomic E-state index is 9.28. The van der Waals surface area contributed by atoms with Crippen LogP contribution < -0.4 is 0 Å². The van der Waals surface area contributed by atoms with E-state index in [4.69, 9.17) is 0 Å². The second-order valence-electron chi connectivity index (χ2n) is 4.87. The predicted octanol–water partition coefficient (Wildman–Crippen LogP) is 5.36. The van der Waals surface area contributed by atoms with E-state index in [1.807, 2.05) is 35.7 Å². The molecule has 0 spiro atoms. The number of aromatic hydroxyl groups is 1. The number of hydrogen-bond acceptors (Lipinski definition) is 7. The van der Waals surface area contributed by atoms with Crippen LogP contribution in [0.15, 0.2) is 68.3 Å². The Morgan fingerprint density at radius 2 is 1.88 bits per heavy atom. The molecule has 0 aliphatic rings. The van der Waals surface area contributed by atoms with Gasteiger partial charge in [0.2, 0.25) is 5.13 Å². The molecule has 0 aliphatic carbocycles. The van der Waals surface area contributed by atoms with Gasteiger partial charge in [-0.3, -0.25) is 0 Å². The SMILES string of the molecule is Oc1ccc(/C=N/c2nc(Sc3nc4ccccc4s3)cs2)cc1. The number of phenols is 1. The Hall–Kier alpha value is -2.22. The van der Waals surface area contributed by atoms with Gasteiger partial charge in [-0.15, -0.1) is 22.7 Å². The highest BCUT2D eigenvalue weighted by atomic mass is 32.2. The van der Waals surface area contributed by atoms with Crippen LogP contribution in [-0.4, -0.2) is 21.3 Å². The van der Waals surface area contributed by atoms with Crippen LogP contribution in [0, 0.1) is 0 Å². The van der Waals surface area contributed by atoms with Crippen LogP contribution in [-0.2, 0) is 0 Å². The molecule has 0 amide bonds. The lowest BCUT2D eigenvalue weighted by molar-refractivity contribution is 0.475. The van der Waals surface area contributed by atoms with Gasteiger partial charge in [-0.2, -0.15) is 0 Å². The van der Waals surface area contributed by atoms with Crippen LogP contribution in [0.1, 0.15) is 5.56 Å². The van der Waals surface area contributed by atoms with Gasteiger partial charge in [0.05, 0.1) is 10.2 Å². The Bertz CT molecular complexity index is 972. The summed E-state index contributed by atoms with van der Waals surface area (Å²) in [6, 6.07) is 15.0. The molecule has 0 bridgehead atoms. The molecule has 0 unspecified atom stereocenters. The second kappa shape index (κ2) is 6.72. The second-order valence-corrected chi connectivity index (χ2v) is 8.00. The van der Waals surface area contributed by atoms with Crippen molar-refractivity contribution < 1.29 is 5.11 Å². The molecule has 0 atom stereocenters. The van der Waals surface area contributed by atoms with Crippen LogP contribution in [0.4, 0.5) is 5.13 Å². The number of benzene rings is 2. The highest BCUT2D eigenvalue weighted by Gasteiger charge is 2.08. The summed E-state index contributed by atoms with van der Waals surface area (Å²) in [5.41, 5.74) is 1.94. The fourth-order valence-corrected chi connectivity index (χ4v) is 4.79. The van der Waals surface area contributed by atoms with Crippen molar-refractivity contribution in [2.24, 2.45) is 4.99 Å². The molecular weight excluding hydrogens is 358 g/mol. The number of fused-ring (bicyclic) bond motifs is 1. The molecule has 4 aromatic rings. The standard InChI is InChI=1S/C17H11N3OS3/c21-12-7-5-11(6-8-12)9-18-16-20-15(10-22-16)24-17-19-13-3-1-2-4-14(13)23-17/h1-10,21H/b18-9+. The van der Waals surface area contributed by atoms with E-state index in [-0.39, 0.29) is 5.75 Å². The topological polar surface area (TPSA) is 58.4 Å². The van der Waals surface area contributed by atoms with Gasteiger partial charge in [0.15, 0.2) is 4.34 Å². The van der Waals surface area contributed by atoms with E-state index in [1.54, 1.807) is 41.4 Å². The van der Waals surface area contributed by atoms with Crippen molar-refractivity contribution in [1.29, 1.82) is 0 Å². The van der Waals surface area contributed by atoms with Crippen molar-refractivity contribution in [2.75, 3.05) is 0 Å². The van der Waals surface area contributed by atoms with Crippen LogP contribution >= 0.6 is 34.4 Å². The first-order valence-corrected chi connectivity index (χ1v) is 9.59. The maximum atomic E-state index is 9.28. The fraction of sp³-hybridized carbons (Fsp3) is 0. The number of aliphatic imine (C=N–C) groups is 1. The van der Waals surface area contributed by atoms with Gasteiger partial charge in [-0.05, 0) is 53.7 Å². The Morgan fingerprint density at radius 3 is 2.71 bits per heavy atom. The molecule has 7 heteroatoms. The van der Waals surface area contributed by atoms with Crippen molar-refractivity contribution in [2.45, 2.75) is 9.37 Å². The van der Waals surface area contributed by atoms with Gasteiger partial charge in [0.1, 0.15) is 10.8 Å². The molecule has 118 valence electrons. The zero-order valence-electron chi connectivity index (χ0n) is 12.3. The molecule has 4 nitrogen and oxygen atoms in total. The van der Waals surface area contributed by atoms with Gasteiger partial charge in [0.25, 0.3) is 0 Å². The summed E-state index contributed by atoms with van der Waals surface area (Å²) in [6.45, 7) is 0. The lowest BCUT2D eigenvalue weighted by Gasteiger charge is -1.92. The lowest BCUT2D eigenvalue weighted by Crippen LogP contribution is -1.78. The van der Waals surface area contributed by atoms with E-state index >= 15 is 0 Å². The molecule has 0 radical (unpaired) electrons. The Labute approximate surface area is 150 Å². The molecule has 0 aliphatic heterocycles. The molecule has 2 aromatic carbocycles. The zero-order valence-corrected chi connectivity index (χ0v) is 14.7. The predicted molar refractivity (Wildman–Crippen MR) is 101 cm³/mol. The van der Waals surface area contributed by atoms with Crippen LogP contribution in [0.5, 0.6) is 5.75 Å². The van der Waals surface area contributed by atoms with Gasteiger partial charge in [0, 0.05) is 11.6 Å². The first-order valence-electron chi connectivity index (χ1n) is 7.08. The minimum absolute atomic E-state index is 0.246. The van der Waals surface area contributed by atoms with Crippen molar-refractivity contribution in [3.05, 3.63) is 59.5 Å². The van der Waals surface area contributed by atoms with Gasteiger partial charge < -0.3 is 5.11 Å². The number of nitrogens with zero attached hydrogens (tertiary/aromatic N) is 3. The molecule has 1 N–H and O–H groups in total. The summed E-state index contributed by atoms with van der Waals surface area (Å²) in [6.07, 6.45) is 1.74. The van der Waals surface area contributed by atoms with Crippen LogP contribution in [0.3, 0.4) is 0 Å². The number of para-hydroxylation sites is 1. The van der Waals surface area contributed by atoms with E-state index in [2.05, 4.69) is 21.0 Å². The van der Waals surface area contributed by atoms with Crippen molar-refractivity contribution >= 4 is 56.0 Å². The van der Waals surface area contributed by atoms with E-state index in [0.29, 0.717) is 5.13 Å². The van der Waals surface area contributed by atoms with E-state index in [1.165, 1.54) is 16.0 Å². The minimum Gasteiger partial charge on any atom is -0.508 e. The summed E-state index contributed by atoms with van der Waals surface area (Å²) >= 11 is 4.72. The van der Waals surface area contributed by atoms with Crippen LogP contribution in [0.25, 0.3) is 10.2 Å². The molecule has 24 heavy (non-hydrogen) atoms. The van der Waals surface area contributed by atoms with Gasteiger partial charge >= 0.3 is 0 Å². The number of phenolic OH excluding ortho intramolecular Hbond substituents is 1. The fourth-order valence-electron chi connectivity index (χ4n) is 2.03. The van der Waals surface area contributed by atoms with Crippen molar-refractivity contribution in [3.8, 4) is 5.75 Å². The Balaban J connectivity index is 1.49. The largest absolute Gasteiger partial charge is 0.508 e. The number of hydrogen-bond donors (Lipinski definition) is 1. The maximum Gasteiger partial charge on any atom is 0.210 e. The number of aromatic nitrogens is 2. The van der Waals surface area contributed by atoms with E-state index in [0.717, 1.165) is 20.4 Å². The molecular formula is C17H11N3OS3. The summed E-state index contributed by atoms with van der Waals surface area (Å²) in [7, 11) is 0. The Kier molecular flexibility index (Phi) is 4.29. The lowest BCUT2D eigenvalue weighted by atomic mass is 10.2. The molecule has 0 saturated carbocycles. The summed E-state index contributed by atoms with van der Waals surface area (Å²) in [4.78, 5) is 13.5. The highest BCUT2D eigenvalue weighted by molar-refractivity contribution is 8.01. The average molecular weight is 369 g/mol. The molecule has 2 heterocycles. The first-order chi connectivity index (χ1) is 11.8. The average Bonchev–Trinajstić information content (AvgIpc) is 3.20. The normalized spacial score (nSPS) is 11.5. The van der Waals surface area contributed by atoms with Crippen molar-refractivity contribution in [1.82, 2.24) is 9.97 Å². The van der Waals surface area contributed by atoms with E-state index in [9.17, 15) is 5.11 Å². The van der Waals surface area contributed by atoms with E-state index < -0.39 is 0 Å². The molecule has 0 saturated heterocycles.